The second kappa shape index (κ2) is 7.30. The number of H-pyrrole nitrogens is 1. The summed E-state index contributed by atoms with van der Waals surface area (Å²) in [5.41, 5.74) is 1.77. The first-order chi connectivity index (χ1) is 13.5. The Kier molecular flexibility index (Phi) is 4.68. The van der Waals surface area contributed by atoms with Gasteiger partial charge in [0.05, 0.1) is 16.6 Å². The van der Waals surface area contributed by atoms with Crippen molar-refractivity contribution in [3.8, 4) is 0 Å². The molecule has 0 unspecified atom stereocenters. The number of carbonyl (C=O) groups is 1. The van der Waals surface area contributed by atoms with E-state index in [1.54, 1.807) is 10.6 Å². The van der Waals surface area contributed by atoms with Crippen LogP contribution < -0.4 is 5.69 Å². The van der Waals surface area contributed by atoms with Crippen LogP contribution in [0.1, 0.15) is 12.0 Å². The number of ether oxygens (including phenoxy) is 1. The Morgan fingerprint density at radius 3 is 2.57 bits per heavy atom. The molecule has 1 aliphatic rings. The van der Waals surface area contributed by atoms with Crippen molar-refractivity contribution in [1.82, 2.24) is 14.5 Å². The molecule has 0 bridgehead atoms. The van der Waals surface area contributed by atoms with E-state index in [1.807, 2.05) is 24.3 Å². The summed E-state index contributed by atoms with van der Waals surface area (Å²) in [4.78, 5) is 28.7. The number of nitrogens with zero attached hydrogens (tertiary/aromatic N) is 2. The molecule has 0 fully saturated rings. The van der Waals surface area contributed by atoms with Crippen molar-refractivity contribution in [2.75, 3.05) is 13.1 Å². The number of hydrogen-bond acceptors (Lipinski definition) is 3. The molecule has 0 saturated heterocycles. The molecule has 1 aromatic heterocycles. The molecule has 8 heteroatoms. The van der Waals surface area contributed by atoms with Crippen LogP contribution in [0.25, 0.3) is 16.7 Å². The number of rotatable bonds is 3. The number of benzene rings is 2. The van der Waals surface area contributed by atoms with Gasteiger partial charge < -0.3 is 14.6 Å². The Bertz CT molecular complexity index is 1110. The number of hydrogen-bond donors (Lipinski definition) is 1. The maximum atomic E-state index is 13.6. The van der Waals surface area contributed by atoms with E-state index >= 15 is 0 Å². The lowest BCUT2D eigenvalue weighted by molar-refractivity contribution is 0.0976. The maximum Gasteiger partial charge on any atom is 0.410 e. The largest absolute Gasteiger partial charge is 0.444 e. The lowest BCUT2D eigenvalue weighted by Gasteiger charge is -2.26. The first kappa shape index (κ1) is 18.0. The third kappa shape index (κ3) is 3.28. The zero-order chi connectivity index (χ0) is 19.7. The van der Waals surface area contributed by atoms with Gasteiger partial charge in [-0.15, -0.1) is 0 Å². The summed E-state index contributed by atoms with van der Waals surface area (Å²) in [6.07, 6.45) is 1.56. The van der Waals surface area contributed by atoms with Crippen molar-refractivity contribution in [2.24, 2.45) is 0 Å². The number of halogens is 2. The highest BCUT2D eigenvalue weighted by Gasteiger charge is 2.22. The smallest absolute Gasteiger partial charge is 0.410 e. The highest BCUT2D eigenvalue weighted by Crippen LogP contribution is 2.21. The predicted molar refractivity (Wildman–Crippen MR) is 99.6 cm³/mol. The molecule has 1 N–H and O–H groups in total. The van der Waals surface area contributed by atoms with Gasteiger partial charge in [-0.1, -0.05) is 18.2 Å². The van der Waals surface area contributed by atoms with Gasteiger partial charge in [0.15, 0.2) is 0 Å². The van der Waals surface area contributed by atoms with Crippen LogP contribution in [-0.4, -0.2) is 33.6 Å². The highest BCUT2D eigenvalue weighted by molar-refractivity contribution is 5.79. The number of para-hydroxylation sites is 2. The fraction of sp³-hybridized carbons (Fsp3) is 0.200. The zero-order valence-electron chi connectivity index (χ0n) is 14.8. The van der Waals surface area contributed by atoms with Crippen molar-refractivity contribution >= 4 is 22.8 Å². The molecule has 0 spiro atoms. The summed E-state index contributed by atoms with van der Waals surface area (Å²) in [6, 6.07) is 10.8. The van der Waals surface area contributed by atoms with Crippen LogP contribution in [0.4, 0.5) is 13.6 Å². The summed E-state index contributed by atoms with van der Waals surface area (Å²) < 4.78 is 33.9. The average molecular weight is 385 g/mol. The Morgan fingerprint density at radius 2 is 1.86 bits per heavy atom. The molecule has 0 atom stereocenters. The van der Waals surface area contributed by atoms with Crippen LogP contribution in [0.2, 0.25) is 0 Å². The molecule has 1 amide bonds. The third-order valence-electron chi connectivity index (χ3n) is 4.72. The summed E-state index contributed by atoms with van der Waals surface area (Å²) in [6.45, 7) is 0.0859. The van der Waals surface area contributed by atoms with Gasteiger partial charge in [-0.2, -0.15) is 0 Å². The van der Waals surface area contributed by atoms with Crippen LogP contribution in [0.3, 0.4) is 0 Å². The number of aromatic amines is 1. The molecule has 2 aromatic carbocycles. The molecule has 0 saturated carbocycles. The molecule has 144 valence electrons. The van der Waals surface area contributed by atoms with Crippen LogP contribution >= 0.6 is 0 Å². The number of aromatic nitrogens is 2. The van der Waals surface area contributed by atoms with E-state index < -0.39 is 24.3 Å². The van der Waals surface area contributed by atoms with Gasteiger partial charge >= 0.3 is 11.8 Å². The van der Waals surface area contributed by atoms with Gasteiger partial charge in [0, 0.05) is 25.2 Å². The van der Waals surface area contributed by atoms with Gasteiger partial charge in [0.25, 0.3) is 0 Å². The van der Waals surface area contributed by atoms with Gasteiger partial charge in [0.1, 0.15) is 18.2 Å². The highest BCUT2D eigenvalue weighted by atomic mass is 19.1. The standard InChI is InChI=1S/C20H17F2N3O3/c21-15-4-3-5-16(22)14(15)12-28-20(27)24-10-8-13(9-11-24)25-18-7-2-1-6-17(18)23-19(25)26/h1-8H,9-12H2,(H,23,26). The van der Waals surface area contributed by atoms with Crippen molar-refractivity contribution in [3.05, 3.63) is 76.2 Å². The lowest BCUT2D eigenvalue weighted by Crippen LogP contribution is -2.36. The van der Waals surface area contributed by atoms with Crippen molar-refractivity contribution in [2.45, 2.75) is 13.0 Å². The first-order valence-corrected chi connectivity index (χ1v) is 8.78. The number of fused-ring (bicyclic) bond motifs is 1. The van der Waals surface area contributed by atoms with Crippen molar-refractivity contribution in [1.29, 1.82) is 0 Å². The average Bonchev–Trinajstić information content (AvgIpc) is 3.03. The lowest BCUT2D eigenvalue weighted by atomic mass is 10.2. The Hall–Kier alpha value is -3.42. The quantitative estimate of drug-likeness (QED) is 0.751. The SMILES string of the molecule is O=C(OCc1c(F)cccc1F)N1CC=C(n2c(=O)[nH]c3ccccc32)CC1. The van der Waals surface area contributed by atoms with E-state index in [0.29, 0.717) is 13.0 Å². The number of imidazole rings is 1. The van der Waals surface area contributed by atoms with Crippen molar-refractivity contribution < 1.29 is 18.3 Å². The molecule has 0 aliphatic carbocycles. The van der Waals surface area contributed by atoms with Crippen LogP contribution in [-0.2, 0) is 11.3 Å². The van der Waals surface area contributed by atoms with Gasteiger partial charge in [-0.3, -0.25) is 4.57 Å². The number of amides is 1. The zero-order valence-corrected chi connectivity index (χ0v) is 14.8. The van der Waals surface area contributed by atoms with E-state index in [-0.39, 0.29) is 17.8 Å². The molecular formula is C20H17F2N3O3. The van der Waals surface area contributed by atoms with E-state index in [9.17, 15) is 18.4 Å². The van der Waals surface area contributed by atoms with Crippen molar-refractivity contribution in [3.63, 3.8) is 0 Å². The Labute approximate surface area is 158 Å². The van der Waals surface area contributed by atoms with Gasteiger partial charge in [-0.25, -0.2) is 18.4 Å². The summed E-state index contributed by atoms with van der Waals surface area (Å²) in [5, 5.41) is 0. The first-order valence-electron chi connectivity index (χ1n) is 8.78. The van der Waals surface area contributed by atoms with E-state index in [4.69, 9.17) is 4.74 Å². The van der Waals surface area contributed by atoms with Gasteiger partial charge in [0.2, 0.25) is 0 Å². The topological polar surface area (TPSA) is 67.3 Å². The molecule has 4 rings (SSSR count). The van der Waals surface area contributed by atoms with E-state index in [1.165, 1.54) is 11.0 Å². The molecule has 6 nitrogen and oxygen atoms in total. The second-order valence-electron chi connectivity index (χ2n) is 6.43. The van der Waals surface area contributed by atoms with Crippen LogP contribution in [0, 0.1) is 11.6 Å². The normalized spacial score (nSPS) is 14.2. The van der Waals surface area contributed by atoms with Crippen LogP contribution in [0.15, 0.2) is 53.3 Å². The fourth-order valence-electron chi connectivity index (χ4n) is 3.26. The fourth-order valence-corrected chi connectivity index (χ4v) is 3.26. The Balaban J connectivity index is 1.46. The molecule has 3 aromatic rings. The molecule has 1 aliphatic heterocycles. The summed E-state index contributed by atoms with van der Waals surface area (Å²) in [7, 11) is 0. The summed E-state index contributed by atoms with van der Waals surface area (Å²) in [5.74, 6) is -1.51. The maximum absolute atomic E-state index is 13.6. The third-order valence-corrected chi connectivity index (χ3v) is 4.72. The second-order valence-corrected chi connectivity index (χ2v) is 6.43. The Morgan fingerprint density at radius 1 is 1.11 bits per heavy atom. The molecular weight excluding hydrogens is 368 g/mol. The van der Waals surface area contributed by atoms with E-state index in [0.717, 1.165) is 28.9 Å². The minimum Gasteiger partial charge on any atom is -0.444 e. The predicted octanol–water partition coefficient (Wildman–Crippen LogP) is 3.49. The van der Waals surface area contributed by atoms with Gasteiger partial charge in [-0.05, 0) is 30.3 Å². The van der Waals surface area contributed by atoms with E-state index in [2.05, 4.69) is 4.98 Å². The molecule has 2 heterocycles. The number of nitrogens with one attached hydrogen (secondary N) is 1. The monoisotopic (exact) mass is 385 g/mol. The minimum absolute atomic E-state index is 0.236. The molecule has 0 radical (unpaired) electrons. The van der Waals surface area contributed by atoms with Crippen LogP contribution in [0.5, 0.6) is 0 Å². The molecule has 28 heavy (non-hydrogen) atoms. The number of carbonyl (C=O) groups excluding carboxylic acids is 1. The minimum atomic E-state index is -0.757. The summed E-state index contributed by atoms with van der Waals surface area (Å²) >= 11 is 0.